The summed E-state index contributed by atoms with van der Waals surface area (Å²) in [5, 5.41) is 12.0. The van der Waals surface area contributed by atoms with Gasteiger partial charge in [-0.1, -0.05) is 24.3 Å². The first kappa shape index (κ1) is 22.9. The fourth-order valence-electron chi connectivity index (χ4n) is 5.30. The molecular formula is C26H28N4O5. The van der Waals surface area contributed by atoms with E-state index in [1.54, 1.807) is 12.1 Å². The quantitative estimate of drug-likeness (QED) is 0.271. The first-order valence-electron chi connectivity index (χ1n) is 12.0. The topological polar surface area (TPSA) is 96.2 Å². The number of nitro benzene ring substituents is 1. The number of carbonyl (C=O) groups excluding carboxylic acids is 2. The Morgan fingerprint density at radius 3 is 2.11 bits per heavy atom. The molecule has 9 nitrogen and oxygen atoms in total. The summed E-state index contributed by atoms with van der Waals surface area (Å²) < 4.78 is 5.76. The fraction of sp³-hybridized carbons (Fsp3) is 0.385. The van der Waals surface area contributed by atoms with E-state index in [0.717, 1.165) is 16.3 Å². The van der Waals surface area contributed by atoms with E-state index in [9.17, 15) is 19.7 Å². The van der Waals surface area contributed by atoms with Crippen molar-refractivity contribution in [2.24, 2.45) is 11.8 Å². The van der Waals surface area contributed by atoms with Crippen LogP contribution in [0.1, 0.15) is 19.8 Å². The minimum Gasteiger partial charge on any atom is -0.492 e. The van der Waals surface area contributed by atoms with E-state index >= 15 is 0 Å². The van der Waals surface area contributed by atoms with E-state index < -0.39 is 4.92 Å². The third-order valence-corrected chi connectivity index (χ3v) is 7.05. The second-order valence-corrected chi connectivity index (χ2v) is 8.97. The maximum atomic E-state index is 12.9. The van der Waals surface area contributed by atoms with Crippen LogP contribution in [0.3, 0.4) is 0 Å². The standard InChI is InChI=1S/C26H28N4O5/c1-2-35-24-10-6-5-9-22(24)28-15-13-27(14-16-28)21-12-11-18(17-23(21)30(33)34)29-25(31)19-7-3-4-8-20(19)26(29)32/h3-6,9-12,17,19-20H,2,7-8,13-16H2,1H3. The molecule has 0 bridgehead atoms. The van der Waals surface area contributed by atoms with E-state index in [0.29, 0.717) is 51.3 Å². The second kappa shape index (κ2) is 9.40. The van der Waals surface area contributed by atoms with Crippen molar-refractivity contribution >= 4 is 34.6 Å². The summed E-state index contributed by atoms with van der Waals surface area (Å²) in [5.74, 6) is -0.465. The maximum absolute atomic E-state index is 12.9. The highest BCUT2D eigenvalue weighted by Gasteiger charge is 2.48. The first-order chi connectivity index (χ1) is 17.0. The molecule has 0 saturated carbocycles. The van der Waals surface area contributed by atoms with Crippen LogP contribution in [-0.2, 0) is 9.59 Å². The molecule has 0 spiro atoms. The molecule has 2 aromatic carbocycles. The average Bonchev–Trinajstić information content (AvgIpc) is 3.14. The highest BCUT2D eigenvalue weighted by Crippen LogP contribution is 2.40. The number of amides is 2. The SMILES string of the molecule is CCOc1ccccc1N1CCN(c2ccc(N3C(=O)C4CC=CCC4C3=O)cc2[N+](=O)[O-])CC1. The van der Waals surface area contributed by atoms with Gasteiger partial charge in [0.1, 0.15) is 11.4 Å². The number of hydrogen-bond donors (Lipinski definition) is 0. The second-order valence-electron chi connectivity index (χ2n) is 8.97. The lowest BCUT2D eigenvalue weighted by atomic mass is 9.85. The number of rotatable bonds is 6. The number of nitrogens with zero attached hydrogens (tertiary/aromatic N) is 4. The van der Waals surface area contributed by atoms with E-state index in [-0.39, 0.29) is 35.0 Å². The van der Waals surface area contributed by atoms with Crippen LogP contribution in [0, 0.1) is 22.0 Å². The molecule has 0 aromatic heterocycles. The number of imide groups is 1. The molecule has 2 amide bonds. The molecule has 2 aliphatic heterocycles. The van der Waals surface area contributed by atoms with Gasteiger partial charge < -0.3 is 14.5 Å². The van der Waals surface area contributed by atoms with Crippen molar-refractivity contribution < 1.29 is 19.2 Å². The van der Waals surface area contributed by atoms with Crippen molar-refractivity contribution in [3.05, 3.63) is 64.7 Å². The molecule has 35 heavy (non-hydrogen) atoms. The number of piperazine rings is 1. The molecule has 2 unspecified atom stereocenters. The predicted octanol–water partition coefficient (Wildman–Crippen LogP) is 3.78. The van der Waals surface area contributed by atoms with Crippen molar-refractivity contribution in [3.63, 3.8) is 0 Å². The summed E-state index contributed by atoms with van der Waals surface area (Å²) in [6.07, 6.45) is 4.91. The summed E-state index contributed by atoms with van der Waals surface area (Å²) in [5.41, 5.74) is 1.68. The molecule has 5 rings (SSSR count). The molecule has 0 radical (unpaired) electrons. The van der Waals surface area contributed by atoms with Gasteiger partial charge in [-0.2, -0.15) is 0 Å². The summed E-state index contributed by atoms with van der Waals surface area (Å²) in [6.45, 7) is 5.09. The van der Waals surface area contributed by atoms with Gasteiger partial charge in [0.25, 0.3) is 5.69 Å². The van der Waals surface area contributed by atoms with Crippen molar-refractivity contribution in [2.75, 3.05) is 47.5 Å². The number of ether oxygens (including phenoxy) is 1. The van der Waals surface area contributed by atoms with Crippen LogP contribution in [-0.4, -0.2) is 49.5 Å². The third-order valence-electron chi connectivity index (χ3n) is 7.05. The molecule has 1 aliphatic carbocycles. The maximum Gasteiger partial charge on any atom is 0.294 e. The lowest BCUT2D eigenvalue weighted by Crippen LogP contribution is -2.46. The van der Waals surface area contributed by atoms with E-state index in [1.807, 2.05) is 48.2 Å². The Bertz CT molecular complexity index is 1160. The van der Waals surface area contributed by atoms with E-state index in [1.165, 1.54) is 6.07 Å². The molecule has 2 atom stereocenters. The van der Waals surface area contributed by atoms with Crippen molar-refractivity contribution in [3.8, 4) is 5.75 Å². The van der Waals surface area contributed by atoms with E-state index in [4.69, 9.17) is 4.74 Å². The van der Waals surface area contributed by atoms with Crippen LogP contribution in [0.25, 0.3) is 0 Å². The molecule has 3 aliphatic rings. The molecule has 2 saturated heterocycles. The van der Waals surface area contributed by atoms with Crippen LogP contribution >= 0.6 is 0 Å². The number of nitro groups is 1. The Kier molecular flexibility index (Phi) is 6.15. The molecule has 182 valence electrons. The minimum atomic E-state index is -0.435. The van der Waals surface area contributed by atoms with Crippen molar-refractivity contribution in [2.45, 2.75) is 19.8 Å². The molecule has 2 fully saturated rings. The summed E-state index contributed by atoms with van der Waals surface area (Å²) in [4.78, 5) is 42.8. The number of para-hydroxylation sites is 2. The zero-order valence-electron chi connectivity index (χ0n) is 19.6. The number of hydrogen-bond acceptors (Lipinski definition) is 7. The van der Waals surface area contributed by atoms with Gasteiger partial charge >= 0.3 is 0 Å². The molecule has 0 N–H and O–H groups in total. The van der Waals surface area contributed by atoms with Gasteiger partial charge in [-0.25, -0.2) is 4.90 Å². The normalized spacial score (nSPS) is 21.9. The Hall–Kier alpha value is -3.88. The smallest absolute Gasteiger partial charge is 0.294 e. The largest absolute Gasteiger partial charge is 0.492 e. The molecule has 9 heteroatoms. The highest BCUT2D eigenvalue weighted by atomic mass is 16.6. The minimum absolute atomic E-state index is 0.0979. The van der Waals surface area contributed by atoms with Crippen LogP contribution in [0.5, 0.6) is 5.75 Å². The summed E-state index contributed by atoms with van der Waals surface area (Å²) >= 11 is 0. The average molecular weight is 477 g/mol. The molecule has 2 heterocycles. The highest BCUT2D eigenvalue weighted by molar-refractivity contribution is 6.22. The van der Waals surface area contributed by atoms with Gasteiger partial charge in [-0.05, 0) is 44.0 Å². The third kappa shape index (κ3) is 4.11. The Labute approximate surface area is 203 Å². The zero-order valence-corrected chi connectivity index (χ0v) is 19.6. The van der Waals surface area contributed by atoms with E-state index in [2.05, 4.69) is 4.90 Å². The van der Waals surface area contributed by atoms with Gasteiger partial charge in [0.05, 0.1) is 34.7 Å². The Morgan fingerprint density at radius 1 is 0.914 bits per heavy atom. The number of fused-ring (bicyclic) bond motifs is 1. The van der Waals surface area contributed by atoms with Crippen molar-refractivity contribution in [1.29, 1.82) is 0 Å². The van der Waals surface area contributed by atoms with Crippen molar-refractivity contribution in [1.82, 2.24) is 0 Å². The van der Waals surface area contributed by atoms with Gasteiger partial charge in [0.15, 0.2) is 0 Å². The number of anilines is 3. The zero-order chi connectivity index (χ0) is 24.5. The predicted molar refractivity (Wildman–Crippen MR) is 133 cm³/mol. The van der Waals surface area contributed by atoms with Crippen LogP contribution in [0.15, 0.2) is 54.6 Å². The van der Waals surface area contributed by atoms with Crippen LogP contribution < -0.4 is 19.4 Å². The molecular weight excluding hydrogens is 448 g/mol. The van der Waals surface area contributed by atoms with Gasteiger partial charge in [-0.3, -0.25) is 19.7 Å². The molecule has 2 aromatic rings. The van der Waals surface area contributed by atoms with Gasteiger partial charge in [0.2, 0.25) is 11.8 Å². The summed E-state index contributed by atoms with van der Waals surface area (Å²) in [6, 6.07) is 12.6. The number of allylic oxidation sites excluding steroid dienone is 2. The van der Waals surface area contributed by atoms with Gasteiger partial charge in [0, 0.05) is 32.2 Å². The summed E-state index contributed by atoms with van der Waals surface area (Å²) in [7, 11) is 0. The lowest BCUT2D eigenvalue weighted by molar-refractivity contribution is -0.384. The van der Waals surface area contributed by atoms with Crippen LogP contribution in [0.2, 0.25) is 0 Å². The first-order valence-corrected chi connectivity index (χ1v) is 12.0. The number of benzene rings is 2. The Balaban J connectivity index is 1.36. The van der Waals surface area contributed by atoms with Crippen LogP contribution in [0.4, 0.5) is 22.7 Å². The monoisotopic (exact) mass is 476 g/mol. The fourth-order valence-corrected chi connectivity index (χ4v) is 5.30. The number of carbonyl (C=O) groups is 2. The lowest BCUT2D eigenvalue weighted by Gasteiger charge is -2.37. The Morgan fingerprint density at radius 2 is 1.51 bits per heavy atom. The van der Waals surface area contributed by atoms with Gasteiger partial charge in [-0.15, -0.1) is 0 Å².